The lowest BCUT2D eigenvalue weighted by molar-refractivity contribution is 0.779. The second-order valence-electron chi connectivity index (χ2n) is 4.18. The molecule has 0 saturated carbocycles. The highest BCUT2D eigenvalue weighted by Gasteiger charge is 2.11. The second-order valence-corrected chi connectivity index (χ2v) is 4.18. The van der Waals surface area contributed by atoms with Gasteiger partial charge in [-0.3, -0.25) is 4.99 Å². The zero-order valence-corrected chi connectivity index (χ0v) is 9.90. The Morgan fingerprint density at radius 3 is 2.65 bits per heavy atom. The van der Waals surface area contributed by atoms with Crippen LogP contribution in [0.1, 0.15) is 6.92 Å². The largest absolute Gasteiger partial charge is 0.341 e. The van der Waals surface area contributed by atoms with Crippen molar-refractivity contribution >= 4 is 40.7 Å². The van der Waals surface area contributed by atoms with Crippen LogP contribution in [0.15, 0.2) is 35.3 Å². The average Bonchev–Trinajstić information content (AvgIpc) is 2.65. The summed E-state index contributed by atoms with van der Waals surface area (Å²) >= 11 is 0. The SMILES string of the molecule is C=Nc1ccc2c3c1cccc3c(=C)n2CC. The average molecular weight is 222 g/mol. The van der Waals surface area contributed by atoms with Gasteiger partial charge in [0.2, 0.25) is 0 Å². The number of hydrogen-bond donors (Lipinski definition) is 0. The summed E-state index contributed by atoms with van der Waals surface area (Å²) in [6.07, 6.45) is 0. The van der Waals surface area contributed by atoms with Crippen LogP contribution in [-0.4, -0.2) is 11.3 Å². The van der Waals surface area contributed by atoms with E-state index in [4.69, 9.17) is 0 Å². The lowest BCUT2D eigenvalue weighted by Gasteiger charge is -2.04. The predicted octanol–water partition coefficient (Wildman–Crippen LogP) is 3.28. The van der Waals surface area contributed by atoms with E-state index in [2.05, 4.69) is 54.0 Å². The van der Waals surface area contributed by atoms with Crippen molar-refractivity contribution < 1.29 is 0 Å². The second kappa shape index (κ2) is 3.45. The van der Waals surface area contributed by atoms with Crippen molar-refractivity contribution in [2.45, 2.75) is 13.5 Å². The molecule has 84 valence electrons. The lowest BCUT2D eigenvalue weighted by Crippen LogP contribution is -2.12. The molecule has 1 heterocycles. The van der Waals surface area contributed by atoms with Crippen LogP contribution in [0.5, 0.6) is 0 Å². The van der Waals surface area contributed by atoms with Gasteiger partial charge in [0.15, 0.2) is 0 Å². The van der Waals surface area contributed by atoms with Gasteiger partial charge in [-0.2, -0.15) is 0 Å². The van der Waals surface area contributed by atoms with Crippen LogP contribution in [0.25, 0.3) is 28.3 Å². The van der Waals surface area contributed by atoms with Crippen molar-refractivity contribution in [1.29, 1.82) is 0 Å². The van der Waals surface area contributed by atoms with Gasteiger partial charge in [0.25, 0.3) is 0 Å². The number of hydrogen-bond acceptors (Lipinski definition) is 1. The van der Waals surface area contributed by atoms with Crippen molar-refractivity contribution in [2.24, 2.45) is 4.99 Å². The fourth-order valence-corrected chi connectivity index (χ4v) is 2.63. The van der Waals surface area contributed by atoms with E-state index in [-0.39, 0.29) is 0 Å². The van der Waals surface area contributed by atoms with Crippen molar-refractivity contribution in [3.8, 4) is 0 Å². The van der Waals surface area contributed by atoms with Crippen molar-refractivity contribution in [1.82, 2.24) is 4.57 Å². The Morgan fingerprint density at radius 2 is 1.94 bits per heavy atom. The van der Waals surface area contributed by atoms with Gasteiger partial charge < -0.3 is 4.57 Å². The maximum atomic E-state index is 4.18. The Labute approximate surface area is 99.9 Å². The van der Waals surface area contributed by atoms with Gasteiger partial charge in [-0.1, -0.05) is 24.8 Å². The highest BCUT2D eigenvalue weighted by molar-refractivity contribution is 6.13. The van der Waals surface area contributed by atoms with E-state index in [1.54, 1.807) is 0 Å². The number of benzene rings is 2. The van der Waals surface area contributed by atoms with Crippen LogP contribution in [-0.2, 0) is 6.54 Å². The van der Waals surface area contributed by atoms with E-state index in [1.165, 1.54) is 16.3 Å². The van der Waals surface area contributed by atoms with Gasteiger partial charge in [0, 0.05) is 33.6 Å². The molecule has 0 radical (unpaired) electrons. The fourth-order valence-electron chi connectivity index (χ4n) is 2.63. The summed E-state index contributed by atoms with van der Waals surface area (Å²) in [5.41, 5.74) is 2.17. The van der Waals surface area contributed by atoms with E-state index in [9.17, 15) is 0 Å². The van der Waals surface area contributed by atoms with E-state index < -0.39 is 0 Å². The van der Waals surface area contributed by atoms with Gasteiger partial charge in [0.1, 0.15) is 0 Å². The minimum absolute atomic E-state index is 0.934. The lowest BCUT2D eigenvalue weighted by atomic mass is 10.1. The van der Waals surface area contributed by atoms with E-state index in [0.29, 0.717) is 0 Å². The molecule has 0 aliphatic rings. The van der Waals surface area contributed by atoms with E-state index >= 15 is 0 Å². The molecule has 0 fully saturated rings. The summed E-state index contributed by atoms with van der Waals surface area (Å²) in [6.45, 7) is 10.9. The van der Waals surface area contributed by atoms with Crippen molar-refractivity contribution in [3.05, 3.63) is 35.7 Å². The smallest absolute Gasteiger partial charge is 0.0702 e. The molecule has 0 N–H and O–H groups in total. The monoisotopic (exact) mass is 222 g/mol. The third-order valence-corrected chi connectivity index (χ3v) is 3.41. The van der Waals surface area contributed by atoms with Crippen LogP contribution < -0.4 is 5.35 Å². The Balaban J connectivity index is 2.68. The summed E-state index contributed by atoms with van der Waals surface area (Å²) in [7, 11) is 0. The molecule has 1 aromatic heterocycles. The summed E-state index contributed by atoms with van der Waals surface area (Å²) in [6, 6.07) is 10.4. The normalized spacial score (nSPS) is 11.4. The summed E-state index contributed by atoms with van der Waals surface area (Å²) in [5.74, 6) is 0. The van der Waals surface area contributed by atoms with Gasteiger partial charge in [-0.25, -0.2) is 0 Å². The highest BCUT2D eigenvalue weighted by atomic mass is 15.0. The molecule has 0 atom stereocenters. The van der Waals surface area contributed by atoms with Gasteiger partial charge in [-0.15, -0.1) is 0 Å². The minimum Gasteiger partial charge on any atom is -0.341 e. The summed E-state index contributed by atoms with van der Waals surface area (Å²) in [5, 5.41) is 4.70. The Hall–Kier alpha value is -2.09. The summed E-state index contributed by atoms with van der Waals surface area (Å²) < 4.78 is 2.24. The first-order valence-corrected chi connectivity index (χ1v) is 5.77. The van der Waals surface area contributed by atoms with Gasteiger partial charge >= 0.3 is 0 Å². The Morgan fingerprint density at radius 1 is 1.18 bits per heavy atom. The summed E-state index contributed by atoms with van der Waals surface area (Å²) in [4.78, 5) is 4.09. The third kappa shape index (κ3) is 1.18. The quantitative estimate of drug-likeness (QED) is 0.592. The zero-order valence-electron chi connectivity index (χ0n) is 9.90. The minimum atomic E-state index is 0.934. The Bertz CT molecular complexity index is 765. The first-order chi connectivity index (χ1) is 8.27. The first kappa shape index (κ1) is 10.1. The molecule has 0 spiro atoms. The highest BCUT2D eigenvalue weighted by Crippen LogP contribution is 2.32. The maximum absolute atomic E-state index is 4.18. The fraction of sp³-hybridized carbons (Fsp3) is 0.133. The molecule has 0 aliphatic heterocycles. The molecule has 0 amide bonds. The molecule has 17 heavy (non-hydrogen) atoms. The molecule has 3 aromatic rings. The molecular formula is C15H14N2. The van der Waals surface area contributed by atoms with Crippen LogP contribution in [0, 0.1) is 0 Å². The topological polar surface area (TPSA) is 17.3 Å². The number of aryl methyl sites for hydroxylation is 1. The molecule has 0 unspecified atom stereocenters. The van der Waals surface area contributed by atoms with Gasteiger partial charge in [-0.05, 0) is 25.8 Å². The number of nitrogens with zero attached hydrogens (tertiary/aromatic N) is 2. The van der Waals surface area contributed by atoms with E-state index in [0.717, 1.165) is 23.0 Å². The van der Waals surface area contributed by atoms with Gasteiger partial charge in [0.05, 0.1) is 5.69 Å². The van der Waals surface area contributed by atoms with Crippen molar-refractivity contribution in [3.63, 3.8) is 0 Å². The van der Waals surface area contributed by atoms with Crippen LogP contribution in [0.3, 0.4) is 0 Å². The number of rotatable bonds is 2. The van der Waals surface area contributed by atoms with Crippen molar-refractivity contribution in [2.75, 3.05) is 0 Å². The number of aromatic nitrogens is 1. The molecule has 0 aliphatic carbocycles. The molecular weight excluding hydrogens is 208 g/mol. The molecule has 0 bridgehead atoms. The Kier molecular flexibility index (Phi) is 2.05. The standard InChI is InChI=1S/C15H14N2/c1-4-17-10(2)11-6-5-7-12-13(16-3)8-9-14(17)15(11)12/h5-9H,2-4H2,1H3. The molecule has 0 saturated heterocycles. The number of aliphatic imine (C=N–C) groups is 1. The maximum Gasteiger partial charge on any atom is 0.0702 e. The van der Waals surface area contributed by atoms with Crippen LogP contribution in [0.4, 0.5) is 5.69 Å². The van der Waals surface area contributed by atoms with Crippen LogP contribution in [0.2, 0.25) is 0 Å². The molecule has 2 aromatic carbocycles. The zero-order chi connectivity index (χ0) is 12.0. The third-order valence-electron chi connectivity index (χ3n) is 3.41. The molecule has 2 heteroatoms. The van der Waals surface area contributed by atoms with E-state index in [1.807, 2.05) is 6.07 Å². The molecule has 3 rings (SSSR count). The first-order valence-electron chi connectivity index (χ1n) is 5.77. The predicted molar refractivity (Wildman–Crippen MR) is 75.1 cm³/mol. The van der Waals surface area contributed by atoms with Crippen LogP contribution >= 0.6 is 0 Å². The molecule has 2 nitrogen and oxygen atoms in total.